The van der Waals surface area contributed by atoms with E-state index in [1.54, 1.807) is 0 Å². The minimum Gasteiger partial charge on any atom is -0.456 e. The van der Waals surface area contributed by atoms with Gasteiger partial charge in [-0.1, -0.05) is 194 Å². The highest BCUT2D eigenvalue weighted by Gasteiger charge is 2.19. The third kappa shape index (κ3) is 6.96. The number of rotatable bonds is 8. The highest BCUT2D eigenvalue weighted by Crippen LogP contribution is 2.45. The number of para-hydroxylation sites is 1. The molecule has 0 N–H and O–H groups in total. The Kier molecular flexibility index (Phi) is 9.14. The fraction of sp³-hybridized carbons (Fsp3) is 0. The molecule has 0 unspecified atom stereocenters. The predicted octanol–water partition coefficient (Wildman–Crippen LogP) is 15.1. The van der Waals surface area contributed by atoms with Crippen molar-refractivity contribution in [3.8, 4) is 89.8 Å². The maximum Gasteiger partial charge on any atom is 0.164 e. The number of benzene rings is 9. The van der Waals surface area contributed by atoms with Gasteiger partial charge in [0.25, 0.3) is 0 Å². The lowest BCUT2D eigenvalue weighted by Gasteiger charge is -2.19. The summed E-state index contributed by atoms with van der Waals surface area (Å²) in [6, 6.07) is 78.5. The monoisotopic (exact) mass is 779 g/mol. The van der Waals surface area contributed by atoms with Crippen molar-refractivity contribution in [1.29, 1.82) is 0 Å². The first-order valence-corrected chi connectivity index (χ1v) is 20.5. The van der Waals surface area contributed by atoms with Crippen molar-refractivity contribution >= 4 is 21.9 Å². The first-order valence-electron chi connectivity index (χ1n) is 20.5. The van der Waals surface area contributed by atoms with Gasteiger partial charge in [0, 0.05) is 27.5 Å². The number of nitrogens with zero attached hydrogens (tertiary/aromatic N) is 3. The number of fused-ring (bicyclic) bond motifs is 3. The van der Waals surface area contributed by atoms with Gasteiger partial charge >= 0.3 is 0 Å². The smallest absolute Gasteiger partial charge is 0.164 e. The normalized spacial score (nSPS) is 11.3. The Morgan fingerprint density at radius 1 is 0.246 bits per heavy atom. The van der Waals surface area contributed by atoms with Crippen molar-refractivity contribution in [2.24, 2.45) is 0 Å². The van der Waals surface area contributed by atoms with Gasteiger partial charge in [0.1, 0.15) is 11.2 Å². The van der Waals surface area contributed by atoms with Crippen LogP contribution in [0.3, 0.4) is 0 Å². The van der Waals surface area contributed by atoms with Crippen LogP contribution in [0.2, 0.25) is 0 Å². The van der Waals surface area contributed by atoms with Crippen LogP contribution in [0.5, 0.6) is 0 Å². The molecule has 2 heterocycles. The van der Waals surface area contributed by atoms with E-state index in [-0.39, 0.29) is 0 Å². The van der Waals surface area contributed by atoms with Crippen LogP contribution in [-0.4, -0.2) is 15.0 Å². The van der Waals surface area contributed by atoms with Crippen LogP contribution in [0, 0.1) is 0 Å². The zero-order chi connectivity index (χ0) is 40.5. The Labute approximate surface area is 354 Å². The second-order valence-corrected chi connectivity index (χ2v) is 15.2. The van der Waals surface area contributed by atoms with Gasteiger partial charge in [-0.2, -0.15) is 0 Å². The molecule has 0 aliphatic heterocycles. The molecular formula is C57H37N3O. The number of hydrogen-bond donors (Lipinski definition) is 0. The van der Waals surface area contributed by atoms with Crippen molar-refractivity contribution in [2.75, 3.05) is 0 Å². The molecule has 9 aromatic carbocycles. The maximum atomic E-state index is 6.41. The number of furan rings is 1. The van der Waals surface area contributed by atoms with Crippen molar-refractivity contribution in [3.63, 3.8) is 0 Å². The van der Waals surface area contributed by atoms with Crippen LogP contribution in [0.15, 0.2) is 229 Å². The van der Waals surface area contributed by atoms with Crippen molar-refractivity contribution in [2.45, 2.75) is 0 Å². The molecule has 0 spiro atoms. The lowest BCUT2D eigenvalue weighted by molar-refractivity contribution is 0.669. The largest absolute Gasteiger partial charge is 0.456 e. The minimum absolute atomic E-state index is 0.636. The summed E-state index contributed by atoms with van der Waals surface area (Å²) in [5.41, 5.74) is 16.0. The molecule has 0 amide bonds. The topological polar surface area (TPSA) is 51.8 Å². The van der Waals surface area contributed by atoms with E-state index in [9.17, 15) is 0 Å². The third-order valence-corrected chi connectivity index (χ3v) is 11.4. The summed E-state index contributed by atoms with van der Waals surface area (Å²) in [7, 11) is 0. The summed E-state index contributed by atoms with van der Waals surface area (Å²) in [5.74, 6) is 1.93. The molecule has 11 aromatic rings. The molecule has 0 bridgehead atoms. The van der Waals surface area contributed by atoms with E-state index in [1.807, 2.05) is 72.8 Å². The molecule has 61 heavy (non-hydrogen) atoms. The molecule has 0 radical (unpaired) electrons. The van der Waals surface area contributed by atoms with Gasteiger partial charge in [-0.05, 0) is 86.0 Å². The van der Waals surface area contributed by atoms with Gasteiger partial charge in [-0.3, -0.25) is 0 Å². The summed E-state index contributed by atoms with van der Waals surface area (Å²) in [6.45, 7) is 0. The third-order valence-electron chi connectivity index (χ3n) is 11.4. The Morgan fingerprint density at radius 2 is 0.623 bits per heavy atom. The average molecular weight is 780 g/mol. The van der Waals surface area contributed by atoms with Gasteiger partial charge in [0.2, 0.25) is 0 Å². The van der Waals surface area contributed by atoms with Crippen LogP contribution in [-0.2, 0) is 0 Å². The van der Waals surface area contributed by atoms with Gasteiger partial charge in [-0.15, -0.1) is 0 Å². The minimum atomic E-state index is 0.636. The van der Waals surface area contributed by atoms with Crippen molar-refractivity contribution in [3.05, 3.63) is 224 Å². The molecule has 0 saturated heterocycles. The molecule has 0 aliphatic rings. The van der Waals surface area contributed by atoms with E-state index in [1.165, 1.54) is 5.56 Å². The van der Waals surface area contributed by atoms with E-state index in [0.29, 0.717) is 17.5 Å². The van der Waals surface area contributed by atoms with Crippen LogP contribution in [0.4, 0.5) is 0 Å². The molecule has 0 atom stereocenters. The van der Waals surface area contributed by atoms with Crippen molar-refractivity contribution < 1.29 is 4.42 Å². The first kappa shape index (κ1) is 35.9. The molecule has 0 saturated carbocycles. The lowest BCUT2D eigenvalue weighted by Crippen LogP contribution is -2.00. The van der Waals surface area contributed by atoms with Gasteiger partial charge in [0.05, 0.1) is 0 Å². The number of aromatic nitrogens is 3. The molecule has 0 fully saturated rings. The SMILES string of the molecule is c1ccc(-c2cc(-c3ccc(-c4ccc(-c5nc(-c6ccccc6)nc(-c6ccccc6)n5)cc4)cc3)c(-c3ccccc3)c(-c3ccc4c(c3)oc3ccccc34)c2)cc1. The van der Waals surface area contributed by atoms with Gasteiger partial charge in [0.15, 0.2) is 17.5 Å². The Hall–Kier alpha value is -8.21. The molecule has 4 heteroatoms. The van der Waals surface area contributed by atoms with Crippen LogP contribution in [0.1, 0.15) is 0 Å². The molecule has 286 valence electrons. The molecule has 4 nitrogen and oxygen atoms in total. The highest BCUT2D eigenvalue weighted by molar-refractivity contribution is 6.07. The zero-order valence-corrected chi connectivity index (χ0v) is 33.1. The van der Waals surface area contributed by atoms with E-state index in [2.05, 4.69) is 152 Å². The van der Waals surface area contributed by atoms with Crippen molar-refractivity contribution in [1.82, 2.24) is 15.0 Å². The maximum absolute atomic E-state index is 6.41. The average Bonchev–Trinajstić information content (AvgIpc) is 3.73. The van der Waals surface area contributed by atoms with E-state index >= 15 is 0 Å². The molecule has 2 aromatic heterocycles. The van der Waals surface area contributed by atoms with Gasteiger partial charge in [-0.25, -0.2) is 15.0 Å². The highest BCUT2D eigenvalue weighted by atomic mass is 16.3. The van der Waals surface area contributed by atoms with Crippen LogP contribution < -0.4 is 0 Å². The Bertz CT molecular complexity index is 3250. The summed E-state index contributed by atoms with van der Waals surface area (Å²) in [6.07, 6.45) is 0. The summed E-state index contributed by atoms with van der Waals surface area (Å²) >= 11 is 0. The Balaban J connectivity index is 0.999. The van der Waals surface area contributed by atoms with Gasteiger partial charge < -0.3 is 4.42 Å². The molecular weight excluding hydrogens is 743 g/mol. The quantitative estimate of drug-likeness (QED) is 0.154. The Morgan fingerprint density at radius 3 is 1.18 bits per heavy atom. The van der Waals surface area contributed by atoms with E-state index in [0.717, 1.165) is 88.7 Å². The number of hydrogen-bond acceptors (Lipinski definition) is 4. The fourth-order valence-electron chi connectivity index (χ4n) is 8.30. The second kappa shape index (κ2) is 15.5. The summed E-state index contributed by atoms with van der Waals surface area (Å²) in [4.78, 5) is 14.7. The molecule has 0 aliphatic carbocycles. The summed E-state index contributed by atoms with van der Waals surface area (Å²) < 4.78 is 6.41. The molecule has 11 rings (SSSR count). The van der Waals surface area contributed by atoms with E-state index in [4.69, 9.17) is 19.4 Å². The van der Waals surface area contributed by atoms with Crippen LogP contribution >= 0.6 is 0 Å². The summed E-state index contributed by atoms with van der Waals surface area (Å²) in [5, 5.41) is 2.24. The zero-order valence-electron chi connectivity index (χ0n) is 33.1. The predicted molar refractivity (Wildman–Crippen MR) is 251 cm³/mol. The second-order valence-electron chi connectivity index (χ2n) is 15.2. The lowest BCUT2D eigenvalue weighted by atomic mass is 9.84. The standard InChI is InChI=1S/C57H37N3O/c1-5-15-38(16-6-1)47-35-50(54(42-17-7-2-8-18-42)51(36-47)46-33-34-49-48-23-13-14-24-52(48)61-53(49)37-46)41-29-25-39(26-30-41)40-27-31-45(32-28-40)57-59-55(43-19-9-3-10-20-43)58-56(60-57)44-21-11-4-12-22-44/h1-37H. The first-order chi connectivity index (χ1) is 30.2. The fourth-order valence-corrected chi connectivity index (χ4v) is 8.30. The van der Waals surface area contributed by atoms with E-state index < -0.39 is 0 Å². The van der Waals surface area contributed by atoms with Crippen LogP contribution in [0.25, 0.3) is 112 Å².